The van der Waals surface area contributed by atoms with Crippen molar-refractivity contribution in [1.82, 2.24) is 9.38 Å². The Kier molecular flexibility index (Phi) is 3.69. The first-order chi connectivity index (χ1) is 12.0. The van der Waals surface area contributed by atoms with E-state index in [9.17, 15) is 20.0 Å². The third-order valence-corrected chi connectivity index (χ3v) is 5.51. The van der Waals surface area contributed by atoms with Gasteiger partial charge in [0.15, 0.2) is 4.96 Å². The van der Waals surface area contributed by atoms with Gasteiger partial charge in [0.25, 0.3) is 11.2 Å². The van der Waals surface area contributed by atoms with E-state index in [0.29, 0.717) is 18.6 Å². The molecule has 0 aliphatic rings. The molecule has 4 aromatic rings. The molecule has 0 radical (unpaired) electrons. The van der Waals surface area contributed by atoms with Crippen LogP contribution < -0.4 is 10.1 Å². The predicted octanol–water partition coefficient (Wildman–Crippen LogP) is 2.68. The monoisotopic (exact) mass is 465 g/mol. The Morgan fingerprint density at radius 3 is 2.84 bits per heavy atom. The maximum Gasteiger partial charge on any atom is 0.274 e. The smallest absolute Gasteiger partial charge is 0.274 e. The van der Waals surface area contributed by atoms with Gasteiger partial charge in [-0.05, 0) is 40.8 Å². The summed E-state index contributed by atoms with van der Waals surface area (Å²) in [7, 11) is 0. The molecule has 0 unspecified atom stereocenters. The molecule has 4 rings (SSSR count). The average molecular weight is 465 g/mol. The second-order valence-electron chi connectivity index (χ2n) is 5.26. The lowest BCUT2D eigenvalue weighted by Gasteiger charge is -2.01. The maximum atomic E-state index is 12.7. The van der Waals surface area contributed by atoms with Crippen molar-refractivity contribution in [2.75, 3.05) is 0 Å². The summed E-state index contributed by atoms with van der Waals surface area (Å²) in [5.41, 5.74) is 1.24. The van der Waals surface area contributed by atoms with E-state index in [0.717, 1.165) is 5.52 Å². The Morgan fingerprint density at radius 1 is 1.32 bits per heavy atom. The molecule has 0 fully saturated rings. The number of benzene rings is 2. The molecule has 9 heteroatoms. The van der Waals surface area contributed by atoms with Crippen LogP contribution in [0.1, 0.15) is 5.56 Å². The molecule has 2 aromatic carbocycles. The summed E-state index contributed by atoms with van der Waals surface area (Å²) in [6.07, 6.45) is 1.46. The highest BCUT2D eigenvalue weighted by atomic mass is 127. The van der Waals surface area contributed by atoms with E-state index < -0.39 is 4.92 Å². The van der Waals surface area contributed by atoms with Gasteiger partial charge in [-0.15, -0.1) is 0 Å². The molecule has 0 bridgehead atoms. The number of phenolic OH excluding ortho intramolecular Hbond substituents is 1. The molecular formula is C16H8IN3O4S. The van der Waals surface area contributed by atoms with Crippen LogP contribution in [0, 0.1) is 13.7 Å². The number of para-hydroxylation sites is 2. The fourth-order valence-electron chi connectivity index (χ4n) is 2.57. The van der Waals surface area contributed by atoms with Gasteiger partial charge in [-0.25, -0.2) is 9.38 Å². The molecule has 0 amide bonds. The Bertz CT molecular complexity index is 1280. The number of aromatic nitrogens is 2. The highest BCUT2D eigenvalue weighted by Crippen LogP contribution is 2.30. The Morgan fingerprint density at radius 2 is 2.08 bits per heavy atom. The summed E-state index contributed by atoms with van der Waals surface area (Å²) < 4.78 is 2.20. The van der Waals surface area contributed by atoms with Gasteiger partial charge in [0.1, 0.15) is 5.75 Å². The number of halogens is 1. The molecule has 0 saturated heterocycles. The van der Waals surface area contributed by atoms with E-state index in [1.54, 1.807) is 6.07 Å². The lowest BCUT2D eigenvalue weighted by atomic mass is 10.1. The topological polar surface area (TPSA) is 97.7 Å². The molecule has 0 atom stereocenters. The van der Waals surface area contributed by atoms with E-state index in [1.165, 1.54) is 33.9 Å². The molecule has 2 aromatic heterocycles. The van der Waals surface area contributed by atoms with Crippen LogP contribution in [0.3, 0.4) is 0 Å². The number of nitro groups is 1. The lowest BCUT2D eigenvalue weighted by Crippen LogP contribution is -2.22. The van der Waals surface area contributed by atoms with Crippen molar-refractivity contribution in [3.8, 4) is 5.75 Å². The van der Waals surface area contributed by atoms with Crippen LogP contribution in [0.15, 0.2) is 41.2 Å². The zero-order chi connectivity index (χ0) is 17.7. The summed E-state index contributed by atoms with van der Waals surface area (Å²) >= 11 is 2.99. The van der Waals surface area contributed by atoms with Gasteiger partial charge in [-0.2, -0.15) is 0 Å². The Balaban J connectivity index is 2.01. The molecular weight excluding hydrogens is 457 g/mol. The van der Waals surface area contributed by atoms with E-state index in [1.807, 2.05) is 40.8 Å². The molecule has 0 saturated carbocycles. The fourth-order valence-corrected chi connectivity index (χ4v) is 4.18. The second-order valence-corrected chi connectivity index (χ2v) is 7.43. The summed E-state index contributed by atoms with van der Waals surface area (Å²) in [4.78, 5) is 28.1. The molecule has 1 N–H and O–H groups in total. The van der Waals surface area contributed by atoms with Crippen LogP contribution in [-0.4, -0.2) is 19.4 Å². The van der Waals surface area contributed by atoms with Crippen LogP contribution in [-0.2, 0) is 0 Å². The molecule has 25 heavy (non-hydrogen) atoms. The van der Waals surface area contributed by atoms with Crippen LogP contribution in [0.2, 0.25) is 0 Å². The van der Waals surface area contributed by atoms with Gasteiger partial charge >= 0.3 is 0 Å². The molecule has 7 nitrogen and oxygen atoms in total. The average Bonchev–Trinajstić information content (AvgIpc) is 3.08. The largest absolute Gasteiger partial charge is 0.506 e. The van der Waals surface area contributed by atoms with Crippen molar-refractivity contribution in [3.63, 3.8) is 0 Å². The first-order valence-electron chi connectivity index (χ1n) is 7.04. The molecule has 0 spiro atoms. The standard InChI is InChI=1S/C16H8IN3O4S/c17-10-7-9(20(23)24)5-8(14(10)21)6-13-15(22)19-12-4-2-1-3-11(12)18-16(19)25-13/h1-7,21H. The van der Waals surface area contributed by atoms with Crippen molar-refractivity contribution >= 4 is 61.7 Å². The fraction of sp³-hybridized carbons (Fsp3) is 0. The molecule has 0 aliphatic heterocycles. The van der Waals surface area contributed by atoms with Crippen molar-refractivity contribution in [1.29, 1.82) is 0 Å². The van der Waals surface area contributed by atoms with Gasteiger partial charge in [-0.1, -0.05) is 23.5 Å². The maximum absolute atomic E-state index is 12.7. The third kappa shape index (κ3) is 2.55. The minimum Gasteiger partial charge on any atom is -0.506 e. The van der Waals surface area contributed by atoms with Gasteiger partial charge < -0.3 is 5.11 Å². The van der Waals surface area contributed by atoms with Crippen LogP contribution >= 0.6 is 33.9 Å². The van der Waals surface area contributed by atoms with E-state index in [-0.39, 0.29) is 22.6 Å². The highest BCUT2D eigenvalue weighted by molar-refractivity contribution is 14.1. The van der Waals surface area contributed by atoms with Gasteiger partial charge in [0.2, 0.25) is 0 Å². The number of phenols is 1. The molecule has 124 valence electrons. The SMILES string of the molecule is O=c1c(=Cc2cc([N+](=O)[O-])cc(I)c2O)sc2nc3ccccc3n12. The number of nitrogens with zero attached hydrogens (tertiary/aromatic N) is 3. The minimum atomic E-state index is -0.536. The number of fused-ring (bicyclic) bond motifs is 3. The molecule has 2 heterocycles. The number of aromatic hydroxyl groups is 1. The van der Waals surface area contributed by atoms with Crippen molar-refractivity contribution < 1.29 is 10.0 Å². The number of hydrogen-bond donors (Lipinski definition) is 1. The van der Waals surface area contributed by atoms with Gasteiger partial charge in [-0.3, -0.25) is 14.9 Å². The number of thiazole rings is 1. The predicted molar refractivity (Wildman–Crippen MR) is 103 cm³/mol. The molecule has 0 aliphatic carbocycles. The summed E-state index contributed by atoms with van der Waals surface area (Å²) in [5.74, 6) is -0.0958. The van der Waals surface area contributed by atoms with Crippen LogP contribution in [0.4, 0.5) is 5.69 Å². The van der Waals surface area contributed by atoms with E-state index in [4.69, 9.17) is 0 Å². The number of nitro benzene ring substituents is 1. The number of imidazole rings is 1. The quantitative estimate of drug-likeness (QED) is 0.279. The first-order valence-corrected chi connectivity index (χ1v) is 8.94. The van der Waals surface area contributed by atoms with E-state index in [2.05, 4.69) is 4.98 Å². The number of hydrogen-bond acceptors (Lipinski definition) is 6. The van der Waals surface area contributed by atoms with Gasteiger partial charge in [0.05, 0.1) is 24.1 Å². The Labute approximate surface area is 157 Å². The zero-order valence-electron chi connectivity index (χ0n) is 12.3. The number of non-ortho nitro benzene ring substituents is 1. The van der Waals surface area contributed by atoms with E-state index >= 15 is 0 Å². The van der Waals surface area contributed by atoms with Crippen molar-refractivity contribution in [2.24, 2.45) is 0 Å². The first kappa shape index (κ1) is 16.0. The van der Waals surface area contributed by atoms with Crippen molar-refractivity contribution in [2.45, 2.75) is 0 Å². The second kappa shape index (κ2) is 5.77. The normalized spacial score (nSPS) is 12.3. The zero-order valence-corrected chi connectivity index (χ0v) is 15.3. The summed E-state index contributed by atoms with van der Waals surface area (Å²) in [5, 5.41) is 21.2. The van der Waals surface area contributed by atoms with Gasteiger partial charge in [0, 0.05) is 17.7 Å². The van der Waals surface area contributed by atoms with Crippen LogP contribution in [0.25, 0.3) is 22.1 Å². The third-order valence-electron chi connectivity index (χ3n) is 3.72. The Hall–Kier alpha value is -2.53. The van der Waals surface area contributed by atoms with Crippen molar-refractivity contribution in [3.05, 3.63) is 70.5 Å². The number of rotatable bonds is 2. The van der Waals surface area contributed by atoms with Crippen LogP contribution in [0.5, 0.6) is 5.75 Å². The minimum absolute atomic E-state index is 0.0958. The summed E-state index contributed by atoms with van der Waals surface area (Å²) in [6, 6.07) is 9.83. The lowest BCUT2D eigenvalue weighted by molar-refractivity contribution is -0.385. The highest BCUT2D eigenvalue weighted by Gasteiger charge is 2.15. The summed E-state index contributed by atoms with van der Waals surface area (Å²) in [6.45, 7) is 0.